The number of benzene rings is 2. The Hall–Kier alpha value is -4.40. The number of amides is 2. The maximum absolute atomic E-state index is 13.1. The Bertz CT molecular complexity index is 1430. The molecule has 0 bridgehead atoms. The minimum Gasteiger partial charge on any atom is -0.437 e. The summed E-state index contributed by atoms with van der Waals surface area (Å²) in [6.45, 7) is 3.88. The SMILES string of the molecule is Cc1cc2ncnc(Oc3ccc(NC(=O)C4(C(=O)Nc5ccc(F)cc5)CC4)cc3)c2nc1C. The number of hydrogen-bond acceptors (Lipinski definition) is 6. The van der Waals surface area contributed by atoms with Crippen LogP contribution in [0.25, 0.3) is 11.0 Å². The Balaban J connectivity index is 1.26. The maximum atomic E-state index is 13.1. The summed E-state index contributed by atoms with van der Waals surface area (Å²) in [6.07, 6.45) is 2.31. The highest BCUT2D eigenvalue weighted by Crippen LogP contribution is 2.47. The van der Waals surface area contributed by atoms with Crippen molar-refractivity contribution in [3.8, 4) is 11.6 Å². The molecule has 0 spiro atoms. The molecule has 0 atom stereocenters. The molecule has 1 aliphatic rings. The van der Waals surface area contributed by atoms with Crippen LogP contribution in [-0.2, 0) is 9.59 Å². The van der Waals surface area contributed by atoms with E-state index in [4.69, 9.17) is 4.74 Å². The third-order valence-electron chi connectivity index (χ3n) is 6.07. The van der Waals surface area contributed by atoms with E-state index >= 15 is 0 Å². The highest BCUT2D eigenvalue weighted by atomic mass is 19.1. The topological polar surface area (TPSA) is 106 Å². The molecule has 2 amide bonds. The van der Waals surface area contributed by atoms with E-state index in [1.54, 1.807) is 24.3 Å². The number of aromatic nitrogens is 3. The minimum atomic E-state index is -1.13. The Labute approximate surface area is 200 Å². The van der Waals surface area contributed by atoms with Crippen LogP contribution in [0.2, 0.25) is 0 Å². The first-order valence-corrected chi connectivity index (χ1v) is 11.1. The molecule has 4 aromatic rings. The molecular formula is C26H22FN5O3. The zero-order chi connectivity index (χ0) is 24.6. The van der Waals surface area contributed by atoms with E-state index in [-0.39, 0.29) is 5.91 Å². The minimum absolute atomic E-state index is 0.337. The number of nitrogens with zero attached hydrogens (tertiary/aromatic N) is 3. The van der Waals surface area contributed by atoms with E-state index in [0.29, 0.717) is 46.9 Å². The average Bonchev–Trinajstić information content (AvgIpc) is 3.65. The van der Waals surface area contributed by atoms with Crippen molar-refractivity contribution in [2.45, 2.75) is 26.7 Å². The van der Waals surface area contributed by atoms with Gasteiger partial charge in [-0.05, 0) is 86.8 Å². The highest BCUT2D eigenvalue weighted by Gasteiger charge is 2.56. The summed E-state index contributed by atoms with van der Waals surface area (Å²) in [5.74, 6) is -0.343. The number of carbonyl (C=O) groups excluding carboxylic acids is 2. The Morgan fingerprint density at radius 1 is 0.914 bits per heavy atom. The van der Waals surface area contributed by atoms with Crippen LogP contribution in [0.15, 0.2) is 60.9 Å². The fourth-order valence-corrected chi connectivity index (χ4v) is 3.66. The van der Waals surface area contributed by atoms with Gasteiger partial charge in [-0.3, -0.25) is 9.59 Å². The molecule has 2 aromatic carbocycles. The van der Waals surface area contributed by atoms with Gasteiger partial charge in [0.2, 0.25) is 17.7 Å². The first kappa shape index (κ1) is 22.4. The van der Waals surface area contributed by atoms with Crippen LogP contribution in [0.4, 0.5) is 15.8 Å². The molecule has 5 rings (SSSR count). The maximum Gasteiger partial charge on any atom is 0.249 e. The molecule has 8 nitrogen and oxygen atoms in total. The summed E-state index contributed by atoms with van der Waals surface area (Å²) in [5, 5.41) is 5.49. The van der Waals surface area contributed by atoms with Gasteiger partial charge >= 0.3 is 0 Å². The fourth-order valence-electron chi connectivity index (χ4n) is 3.66. The second kappa shape index (κ2) is 8.75. The van der Waals surface area contributed by atoms with Gasteiger partial charge < -0.3 is 15.4 Å². The van der Waals surface area contributed by atoms with Crippen LogP contribution in [0.5, 0.6) is 11.6 Å². The summed E-state index contributed by atoms with van der Waals surface area (Å²) in [7, 11) is 0. The first-order chi connectivity index (χ1) is 16.8. The van der Waals surface area contributed by atoms with Gasteiger partial charge in [0.25, 0.3) is 0 Å². The number of carbonyl (C=O) groups is 2. The van der Waals surface area contributed by atoms with E-state index in [1.165, 1.54) is 30.6 Å². The van der Waals surface area contributed by atoms with Crippen LogP contribution >= 0.6 is 0 Å². The summed E-state index contributed by atoms with van der Waals surface area (Å²) < 4.78 is 19.0. The lowest BCUT2D eigenvalue weighted by molar-refractivity contribution is -0.131. The molecule has 35 heavy (non-hydrogen) atoms. The van der Waals surface area contributed by atoms with E-state index in [1.807, 2.05) is 19.9 Å². The van der Waals surface area contributed by atoms with Crippen LogP contribution in [0.3, 0.4) is 0 Å². The van der Waals surface area contributed by atoms with Crippen molar-refractivity contribution in [3.63, 3.8) is 0 Å². The predicted octanol–water partition coefficient (Wildman–Crippen LogP) is 4.93. The van der Waals surface area contributed by atoms with Gasteiger partial charge in [-0.1, -0.05) is 0 Å². The van der Waals surface area contributed by atoms with Crippen molar-refractivity contribution in [2.24, 2.45) is 5.41 Å². The highest BCUT2D eigenvalue weighted by molar-refractivity contribution is 6.16. The lowest BCUT2D eigenvalue weighted by atomic mass is 10.0. The van der Waals surface area contributed by atoms with E-state index in [2.05, 4.69) is 25.6 Å². The largest absolute Gasteiger partial charge is 0.437 e. The van der Waals surface area contributed by atoms with Crippen molar-refractivity contribution in [1.29, 1.82) is 0 Å². The number of aryl methyl sites for hydroxylation is 2. The molecule has 1 saturated carbocycles. The molecule has 0 unspecified atom stereocenters. The molecule has 2 N–H and O–H groups in total. The molecule has 0 aliphatic heterocycles. The number of halogens is 1. The molecular weight excluding hydrogens is 449 g/mol. The molecule has 2 aromatic heterocycles. The number of fused-ring (bicyclic) bond motifs is 1. The van der Waals surface area contributed by atoms with Gasteiger partial charge in [-0.2, -0.15) is 4.98 Å². The zero-order valence-corrected chi connectivity index (χ0v) is 19.1. The average molecular weight is 471 g/mol. The Morgan fingerprint density at radius 3 is 2.11 bits per heavy atom. The number of pyridine rings is 1. The zero-order valence-electron chi connectivity index (χ0n) is 19.1. The molecule has 2 heterocycles. The van der Waals surface area contributed by atoms with Gasteiger partial charge in [0.15, 0.2) is 5.52 Å². The van der Waals surface area contributed by atoms with Crippen LogP contribution in [0, 0.1) is 25.1 Å². The summed E-state index contributed by atoms with van der Waals surface area (Å²) in [5.41, 5.74) is 2.99. The normalized spacial score (nSPS) is 13.8. The van der Waals surface area contributed by atoms with Gasteiger partial charge in [-0.15, -0.1) is 0 Å². The standard InChI is InChI=1S/C26H22FN5O3/c1-15-13-21-22(30-16(15)2)23(29-14-28-21)35-20-9-7-19(8-10-20)32-25(34)26(11-12-26)24(33)31-18-5-3-17(27)4-6-18/h3-10,13-14H,11-12H2,1-2H3,(H,31,33)(H,32,34). The van der Waals surface area contributed by atoms with E-state index in [0.717, 1.165) is 11.3 Å². The molecule has 0 radical (unpaired) electrons. The Kier molecular flexibility index (Phi) is 5.60. The first-order valence-electron chi connectivity index (χ1n) is 11.1. The second-order valence-corrected chi connectivity index (χ2v) is 8.56. The van der Waals surface area contributed by atoms with Crippen LogP contribution < -0.4 is 15.4 Å². The number of rotatable bonds is 6. The molecule has 0 saturated heterocycles. The van der Waals surface area contributed by atoms with Crippen molar-refractivity contribution >= 4 is 34.2 Å². The van der Waals surface area contributed by atoms with Crippen LogP contribution in [0.1, 0.15) is 24.1 Å². The van der Waals surface area contributed by atoms with Crippen molar-refractivity contribution < 1.29 is 18.7 Å². The lowest BCUT2D eigenvalue weighted by Crippen LogP contribution is -2.35. The second-order valence-electron chi connectivity index (χ2n) is 8.56. The lowest BCUT2D eigenvalue weighted by Gasteiger charge is -2.16. The molecule has 1 fully saturated rings. The van der Waals surface area contributed by atoms with Gasteiger partial charge in [0, 0.05) is 17.1 Å². The fraction of sp³-hybridized carbons (Fsp3) is 0.192. The quantitative estimate of drug-likeness (QED) is 0.386. The predicted molar refractivity (Wildman–Crippen MR) is 129 cm³/mol. The van der Waals surface area contributed by atoms with E-state index in [9.17, 15) is 14.0 Å². The molecule has 9 heteroatoms. The van der Waals surface area contributed by atoms with Gasteiger partial charge in [0.05, 0.1) is 5.52 Å². The summed E-state index contributed by atoms with van der Waals surface area (Å²) in [6, 6.07) is 14.1. The molecule has 176 valence electrons. The molecule has 1 aliphatic carbocycles. The van der Waals surface area contributed by atoms with Gasteiger partial charge in [0.1, 0.15) is 23.3 Å². The van der Waals surface area contributed by atoms with E-state index < -0.39 is 17.1 Å². The van der Waals surface area contributed by atoms with Crippen molar-refractivity contribution in [3.05, 3.63) is 78.0 Å². The third-order valence-corrected chi connectivity index (χ3v) is 6.07. The van der Waals surface area contributed by atoms with Crippen LogP contribution in [-0.4, -0.2) is 26.8 Å². The summed E-state index contributed by atoms with van der Waals surface area (Å²) in [4.78, 5) is 38.6. The third kappa shape index (κ3) is 4.52. The Morgan fingerprint density at radius 2 is 1.51 bits per heavy atom. The van der Waals surface area contributed by atoms with Crippen molar-refractivity contribution in [2.75, 3.05) is 10.6 Å². The smallest absolute Gasteiger partial charge is 0.249 e. The monoisotopic (exact) mass is 471 g/mol. The van der Waals surface area contributed by atoms with Crippen molar-refractivity contribution in [1.82, 2.24) is 15.0 Å². The number of nitrogens with one attached hydrogen (secondary N) is 2. The number of anilines is 2. The number of hydrogen-bond donors (Lipinski definition) is 2. The number of ether oxygens (including phenoxy) is 1. The summed E-state index contributed by atoms with van der Waals surface area (Å²) >= 11 is 0. The van der Waals surface area contributed by atoms with Gasteiger partial charge in [-0.25, -0.2) is 14.4 Å².